The number of carbonyl (C=O) groups excluding carboxylic acids is 2. The molecule has 2 aromatic rings. The molecule has 1 saturated heterocycles. The van der Waals surface area contributed by atoms with Gasteiger partial charge in [0.2, 0.25) is 5.91 Å². The highest BCUT2D eigenvalue weighted by atomic mass is 32.2. The normalized spacial score (nSPS) is 19.5. The third-order valence-corrected chi connectivity index (χ3v) is 7.91. The summed E-state index contributed by atoms with van der Waals surface area (Å²) in [4.78, 5) is 29.1. The van der Waals surface area contributed by atoms with E-state index < -0.39 is 9.84 Å². The first-order valence-electron chi connectivity index (χ1n) is 11.5. The van der Waals surface area contributed by atoms with Gasteiger partial charge in [0.25, 0.3) is 5.91 Å². The fourth-order valence-corrected chi connectivity index (χ4v) is 5.98. The Hall–Kier alpha value is -2.65. The van der Waals surface area contributed by atoms with Gasteiger partial charge in [0, 0.05) is 30.7 Å². The van der Waals surface area contributed by atoms with Crippen LogP contribution < -0.4 is 5.32 Å². The third kappa shape index (κ3) is 6.45. The van der Waals surface area contributed by atoms with E-state index in [2.05, 4.69) is 5.32 Å². The maximum atomic E-state index is 13.2. The molecule has 2 aliphatic rings. The summed E-state index contributed by atoms with van der Waals surface area (Å²) in [5, 5.41) is 2.98. The fraction of sp³-hybridized carbons (Fsp3) is 0.500. The molecule has 9 heteroatoms. The lowest BCUT2D eigenvalue weighted by Crippen LogP contribution is -2.45. The topological polar surface area (TPSA) is 99.9 Å². The average Bonchev–Trinajstić information content (AvgIpc) is 3.30. The predicted molar refractivity (Wildman–Crippen MR) is 124 cm³/mol. The van der Waals surface area contributed by atoms with Crippen LogP contribution in [0, 0.1) is 0 Å². The number of benzene rings is 1. The van der Waals surface area contributed by atoms with Crippen LogP contribution in [0.1, 0.15) is 47.9 Å². The summed E-state index contributed by atoms with van der Waals surface area (Å²) in [6.45, 7) is 3.44. The Morgan fingerprint density at radius 1 is 1.09 bits per heavy atom. The van der Waals surface area contributed by atoms with Gasteiger partial charge in [0.15, 0.2) is 9.84 Å². The summed E-state index contributed by atoms with van der Waals surface area (Å²) in [7, 11) is -3.07. The van der Waals surface area contributed by atoms with Crippen LogP contribution in [0.15, 0.2) is 47.1 Å². The van der Waals surface area contributed by atoms with E-state index in [4.69, 9.17) is 4.42 Å². The Morgan fingerprint density at radius 2 is 1.85 bits per heavy atom. The largest absolute Gasteiger partial charge is 0.468 e. The van der Waals surface area contributed by atoms with Gasteiger partial charge >= 0.3 is 0 Å². The van der Waals surface area contributed by atoms with Crippen molar-refractivity contribution in [1.82, 2.24) is 15.1 Å². The van der Waals surface area contributed by atoms with E-state index in [1.807, 2.05) is 48.2 Å². The zero-order valence-corrected chi connectivity index (χ0v) is 19.7. The summed E-state index contributed by atoms with van der Waals surface area (Å²) in [5.41, 5.74) is 1.60. The average molecular weight is 474 g/mol. The van der Waals surface area contributed by atoms with Gasteiger partial charge < -0.3 is 14.6 Å². The highest BCUT2D eigenvalue weighted by Gasteiger charge is 2.34. The van der Waals surface area contributed by atoms with Crippen molar-refractivity contribution >= 4 is 21.7 Å². The molecule has 178 valence electrons. The molecule has 2 amide bonds. The van der Waals surface area contributed by atoms with Crippen LogP contribution in [-0.4, -0.2) is 66.7 Å². The summed E-state index contributed by atoms with van der Waals surface area (Å²) in [5.74, 6) is 0.769. The first-order valence-corrected chi connectivity index (χ1v) is 13.3. The minimum absolute atomic E-state index is 0.0369. The highest BCUT2D eigenvalue weighted by molar-refractivity contribution is 7.91. The van der Waals surface area contributed by atoms with Gasteiger partial charge in [-0.15, -0.1) is 0 Å². The zero-order valence-electron chi connectivity index (χ0n) is 18.9. The van der Waals surface area contributed by atoms with Gasteiger partial charge in [-0.3, -0.25) is 14.5 Å². The molecule has 0 spiro atoms. The van der Waals surface area contributed by atoms with Crippen molar-refractivity contribution in [1.29, 1.82) is 0 Å². The van der Waals surface area contributed by atoms with Crippen molar-refractivity contribution < 1.29 is 22.4 Å². The lowest BCUT2D eigenvalue weighted by atomic mass is 10.1. The van der Waals surface area contributed by atoms with E-state index in [9.17, 15) is 18.0 Å². The van der Waals surface area contributed by atoms with E-state index in [0.717, 1.165) is 24.2 Å². The molecule has 1 atom stereocenters. The number of likely N-dealkylation sites (N-methyl/N-ethyl adjacent to an activating group) is 1. The number of rotatable bonds is 10. The van der Waals surface area contributed by atoms with E-state index >= 15 is 0 Å². The summed E-state index contributed by atoms with van der Waals surface area (Å²) in [6.07, 6.45) is 4.18. The van der Waals surface area contributed by atoms with Gasteiger partial charge in [-0.05, 0) is 56.0 Å². The maximum absolute atomic E-state index is 13.2. The predicted octanol–water partition coefficient (Wildman–Crippen LogP) is 2.21. The van der Waals surface area contributed by atoms with Gasteiger partial charge in [0.05, 0.1) is 30.9 Å². The molecule has 0 bridgehead atoms. The molecule has 1 aliphatic heterocycles. The molecular formula is C24H31N3O5S. The number of sulfone groups is 1. The van der Waals surface area contributed by atoms with Crippen LogP contribution in [-0.2, 0) is 27.7 Å². The van der Waals surface area contributed by atoms with Crippen molar-refractivity contribution in [3.8, 4) is 0 Å². The van der Waals surface area contributed by atoms with Crippen molar-refractivity contribution in [3.05, 3.63) is 59.5 Å². The second-order valence-corrected chi connectivity index (χ2v) is 11.1. The van der Waals surface area contributed by atoms with E-state index in [1.165, 1.54) is 0 Å². The molecular weight excluding hydrogens is 442 g/mol. The number of hydrogen-bond acceptors (Lipinski definition) is 6. The van der Waals surface area contributed by atoms with Gasteiger partial charge in [-0.1, -0.05) is 12.1 Å². The first-order chi connectivity index (χ1) is 15.8. The number of furan rings is 1. The van der Waals surface area contributed by atoms with Gasteiger partial charge in [-0.2, -0.15) is 0 Å². The standard InChI is InChI=1S/C24H31N3O5S/c1-2-27(21-11-13-33(30,31)17-21)23(28)16-26(15-22-4-3-12-32-22)14-18-5-7-19(8-6-18)24(29)25-20-9-10-20/h3-8,12,20-21H,2,9-11,13-17H2,1H3,(H,25,29). The van der Waals surface area contributed by atoms with Gasteiger partial charge in [-0.25, -0.2) is 8.42 Å². The molecule has 2 fully saturated rings. The van der Waals surface area contributed by atoms with Gasteiger partial charge in [0.1, 0.15) is 5.76 Å². The Bertz CT molecular complexity index is 1060. The molecule has 1 unspecified atom stereocenters. The third-order valence-electron chi connectivity index (χ3n) is 6.16. The lowest BCUT2D eigenvalue weighted by molar-refractivity contribution is -0.134. The van der Waals surface area contributed by atoms with Crippen molar-refractivity contribution in [2.45, 2.75) is 51.4 Å². The molecule has 0 radical (unpaired) electrons. The monoisotopic (exact) mass is 473 g/mol. The number of nitrogens with one attached hydrogen (secondary N) is 1. The number of carbonyl (C=O) groups is 2. The number of hydrogen-bond donors (Lipinski definition) is 1. The molecule has 1 aromatic heterocycles. The van der Waals surface area contributed by atoms with Crippen LogP contribution in [0.2, 0.25) is 0 Å². The van der Waals surface area contributed by atoms with Crippen LogP contribution in [0.5, 0.6) is 0 Å². The maximum Gasteiger partial charge on any atom is 0.251 e. The number of amides is 2. The van der Waals surface area contributed by atoms with Crippen LogP contribution in [0.3, 0.4) is 0 Å². The Kier molecular flexibility index (Phi) is 7.19. The van der Waals surface area contributed by atoms with Crippen molar-refractivity contribution in [3.63, 3.8) is 0 Å². The molecule has 8 nitrogen and oxygen atoms in total. The van der Waals surface area contributed by atoms with Crippen molar-refractivity contribution in [2.75, 3.05) is 24.6 Å². The molecule has 1 N–H and O–H groups in total. The smallest absolute Gasteiger partial charge is 0.251 e. The minimum atomic E-state index is -3.07. The van der Waals surface area contributed by atoms with Crippen LogP contribution in [0.25, 0.3) is 0 Å². The Balaban J connectivity index is 1.43. The Labute approximate surface area is 194 Å². The minimum Gasteiger partial charge on any atom is -0.468 e. The molecule has 1 aliphatic carbocycles. The van der Waals surface area contributed by atoms with Crippen LogP contribution in [0.4, 0.5) is 0 Å². The SMILES string of the molecule is CCN(C(=O)CN(Cc1ccc(C(=O)NC2CC2)cc1)Cc1ccco1)C1CCS(=O)(=O)C1. The van der Waals surface area contributed by atoms with Crippen LogP contribution >= 0.6 is 0 Å². The zero-order chi connectivity index (χ0) is 23.4. The van der Waals surface area contributed by atoms with E-state index in [0.29, 0.717) is 37.7 Å². The quantitative estimate of drug-likeness (QED) is 0.568. The highest BCUT2D eigenvalue weighted by Crippen LogP contribution is 2.20. The van der Waals surface area contributed by atoms with E-state index in [1.54, 1.807) is 11.2 Å². The summed E-state index contributed by atoms with van der Waals surface area (Å²) >= 11 is 0. The molecule has 2 heterocycles. The lowest BCUT2D eigenvalue weighted by Gasteiger charge is -2.30. The second kappa shape index (κ2) is 10.1. The van der Waals surface area contributed by atoms with E-state index in [-0.39, 0.29) is 35.9 Å². The second-order valence-electron chi connectivity index (χ2n) is 8.91. The summed E-state index contributed by atoms with van der Waals surface area (Å²) in [6, 6.07) is 11.1. The van der Waals surface area contributed by atoms with Crippen molar-refractivity contribution in [2.24, 2.45) is 0 Å². The fourth-order valence-electron chi connectivity index (χ4n) is 4.25. The summed E-state index contributed by atoms with van der Waals surface area (Å²) < 4.78 is 29.3. The first kappa shape index (κ1) is 23.5. The number of nitrogens with zero attached hydrogens (tertiary/aromatic N) is 2. The molecule has 33 heavy (non-hydrogen) atoms. The Morgan fingerprint density at radius 3 is 2.42 bits per heavy atom. The molecule has 1 aromatic carbocycles. The molecule has 1 saturated carbocycles. The molecule has 4 rings (SSSR count).